The highest BCUT2D eigenvalue weighted by Crippen LogP contribution is 2.28. The third-order valence-electron chi connectivity index (χ3n) is 3.57. The molecule has 2 aromatic rings. The standard InChI is InChI=1S/C20H25NO3.ClH/c1-3-23-19-11-10-17(14-20(19)24-4-2)18(22)12-13-21-15-16-8-6-5-7-9-16;/h5-11,14,21H,3-4,12-13,15H2,1-2H3;1H/p-1. The zero-order chi connectivity index (χ0) is 17.2. The van der Waals surface area contributed by atoms with Crippen LogP contribution in [0.5, 0.6) is 11.5 Å². The average Bonchev–Trinajstić information content (AvgIpc) is 2.61. The van der Waals surface area contributed by atoms with Crippen LogP contribution in [0.3, 0.4) is 0 Å². The predicted molar refractivity (Wildman–Crippen MR) is 95.9 cm³/mol. The molecular formula is C20H25ClNO3-. The van der Waals surface area contributed by atoms with Crippen molar-refractivity contribution in [1.29, 1.82) is 0 Å². The Labute approximate surface area is 155 Å². The second-order valence-corrected chi connectivity index (χ2v) is 5.36. The Morgan fingerprint density at radius 2 is 1.64 bits per heavy atom. The Kier molecular flexibility index (Phi) is 9.66. The van der Waals surface area contributed by atoms with Crippen LogP contribution < -0.4 is 27.2 Å². The molecule has 0 aromatic heterocycles. The van der Waals surface area contributed by atoms with E-state index in [-0.39, 0.29) is 18.2 Å². The van der Waals surface area contributed by atoms with Gasteiger partial charge in [-0.2, -0.15) is 0 Å². The number of hydrogen-bond acceptors (Lipinski definition) is 4. The van der Waals surface area contributed by atoms with Crippen molar-refractivity contribution in [2.75, 3.05) is 19.8 Å². The second-order valence-electron chi connectivity index (χ2n) is 5.36. The number of rotatable bonds is 10. The van der Waals surface area contributed by atoms with Gasteiger partial charge in [-0.05, 0) is 37.6 Å². The molecule has 0 aliphatic carbocycles. The molecule has 0 radical (unpaired) electrons. The topological polar surface area (TPSA) is 47.6 Å². The molecule has 4 nitrogen and oxygen atoms in total. The molecule has 0 heterocycles. The number of carbonyl (C=O) groups excluding carboxylic acids is 1. The van der Waals surface area contributed by atoms with Crippen molar-refractivity contribution >= 4 is 5.78 Å². The van der Waals surface area contributed by atoms with Gasteiger partial charge in [0.05, 0.1) is 13.2 Å². The summed E-state index contributed by atoms with van der Waals surface area (Å²) >= 11 is 0. The fourth-order valence-corrected chi connectivity index (χ4v) is 2.40. The Morgan fingerprint density at radius 1 is 0.960 bits per heavy atom. The molecule has 2 rings (SSSR count). The minimum atomic E-state index is 0. The first-order valence-electron chi connectivity index (χ1n) is 8.42. The van der Waals surface area contributed by atoms with Crippen LogP contribution in [0.25, 0.3) is 0 Å². The Bertz CT molecular complexity index is 647. The van der Waals surface area contributed by atoms with Gasteiger partial charge in [0.2, 0.25) is 0 Å². The molecule has 5 heteroatoms. The monoisotopic (exact) mass is 362 g/mol. The first-order valence-corrected chi connectivity index (χ1v) is 8.42. The molecule has 0 bridgehead atoms. The zero-order valence-electron chi connectivity index (χ0n) is 14.8. The van der Waals surface area contributed by atoms with Crippen molar-refractivity contribution < 1.29 is 26.7 Å². The maximum atomic E-state index is 12.3. The third kappa shape index (κ3) is 6.77. The predicted octanol–water partition coefficient (Wildman–Crippen LogP) is 0.851. The summed E-state index contributed by atoms with van der Waals surface area (Å²) in [7, 11) is 0. The first kappa shape index (κ1) is 21.0. The van der Waals surface area contributed by atoms with E-state index in [1.807, 2.05) is 32.0 Å². The highest BCUT2D eigenvalue weighted by atomic mass is 35.5. The summed E-state index contributed by atoms with van der Waals surface area (Å²) in [5.41, 5.74) is 1.87. The number of Topliss-reactive ketones (excluding diaryl/α,β-unsaturated/α-hetero) is 1. The zero-order valence-corrected chi connectivity index (χ0v) is 15.5. The highest BCUT2D eigenvalue weighted by Gasteiger charge is 2.11. The SMILES string of the molecule is CCOc1ccc(C(=O)CCNCc2ccccc2)cc1OCC.[Cl-]. The van der Waals surface area contributed by atoms with E-state index in [0.717, 1.165) is 6.54 Å². The molecule has 0 saturated carbocycles. The Hall–Kier alpha value is -2.04. The highest BCUT2D eigenvalue weighted by molar-refractivity contribution is 5.96. The van der Waals surface area contributed by atoms with Crippen molar-refractivity contribution in [1.82, 2.24) is 5.32 Å². The summed E-state index contributed by atoms with van der Waals surface area (Å²) in [6, 6.07) is 15.5. The van der Waals surface area contributed by atoms with E-state index in [4.69, 9.17) is 9.47 Å². The molecule has 0 unspecified atom stereocenters. The van der Waals surface area contributed by atoms with Gasteiger partial charge in [-0.3, -0.25) is 4.79 Å². The minimum absolute atomic E-state index is 0. The lowest BCUT2D eigenvalue weighted by Gasteiger charge is -2.12. The van der Waals surface area contributed by atoms with Crippen molar-refractivity contribution in [3.8, 4) is 11.5 Å². The smallest absolute Gasteiger partial charge is 0.164 e. The number of halogens is 1. The van der Waals surface area contributed by atoms with Crippen LogP contribution in [0, 0.1) is 0 Å². The molecule has 0 aliphatic rings. The van der Waals surface area contributed by atoms with Crippen molar-refractivity contribution in [3.05, 3.63) is 59.7 Å². The number of benzene rings is 2. The van der Waals surface area contributed by atoms with Crippen LogP contribution in [0.1, 0.15) is 36.2 Å². The number of carbonyl (C=O) groups is 1. The van der Waals surface area contributed by atoms with E-state index < -0.39 is 0 Å². The molecular weight excluding hydrogens is 338 g/mol. The molecule has 0 fully saturated rings. The summed E-state index contributed by atoms with van der Waals surface area (Å²) < 4.78 is 11.1. The fourth-order valence-electron chi connectivity index (χ4n) is 2.40. The largest absolute Gasteiger partial charge is 1.00 e. The van der Waals surface area contributed by atoms with Crippen LogP contribution in [-0.2, 0) is 6.54 Å². The molecule has 2 aromatic carbocycles. The Morgan fingerprint density at radius 3 is 2.32 bits per heavy atom. The molecule has 0 amide bonds. The van der Waals surface area contributed by atoms with Gasteiger partial charge in [0.25, 0.3) is 0 Å². The minimum Gasteiger partial charge on any atom is -1.00 e. The average molecular weight is 363 g/mol. The van der Waals surface area contributed by atoms with Crippen molar-refractivity contribution in [2.24, 2.45) is 0 Å². The maximum Gasteiger partial charge on any atom is 0.164 e. The van der Waals surface area contributed by atoms with Crippen LogP contribution in [0.15, 0.2) is 48.5 Å². The summed E-state index contributed by atoms with van der Waals surface area (Å²) in [5.74, 6) is 1.40. The number of nitrogens with one attached hydrogen (secondary N) is 1. The van der Waals surface area contributed by atoms with E-state index in [2.05, 4.69) is 17.4 Å². The summed E-state index contributed by atoms with van der Waals surface area (Å²) in [6.07, 6.45) is 0.451. The molecule has 1 N–H and O–H groups in total. The van der Waals surface area contributed by atoms with E-state index >= 15 is 0 Å². The number of ether oxygens (including phenoxy) is 2. The molecule has 0 atom stereocenters. The molecule has 0 aliphatic heterocycles. The fraction of sp³-hybridized carbons (Fsp3) is 0.350. The lowest BCUT2D eigenvalue weighted by atomic mass is 10.1. The van der Waals surface area contributed by atoms with Crippen LogP contribution in [0.4, 0.5) is 0 Å². The van der Waals surface area contributed by atoms with Gasteiger partial charge in [-0.25, -0.2) is 0 Å². The first-order chi connectivity index (χ1) is 11.7. The van der Waals surface area contributed by atoms with Crippen LogP contribution in [-0.4, -0.2) is 25.5 Å². The van der Waals surface area contributed by atoms with E-state index in [0.29, 0.717) is 43.2 Å². The summed E-state index contributed by atoms with van der Waals surface area (Å²) in [5, 5.41) is 3.30. The quantitative estimate of drug-likeness (QED) is 0.503. The van der Waals surface area contributed by atoms with Gasteiger partial charge < -0.3 is 27.2 Å². The third-order valence-corrected chi connectivity index (χ3v) is 3.57. The molecule has 0 spiro atoms. The summed E-state index contributed by atoms with van der Waals surface area (Å²) in [4.78, 5) is 12.3. The van der Waals surface area contributed by atoms with Gasteiger partial charge in [-0.1, -0.05) is 30.3 Å². The lowest BCUT2D eigenvalue weighted by Crippen LogP contribution is -3.00. The van der Waals surface area contributed by atoms with Crippen molar-refractivity contribution in [2.45, 2.75) is 26.8 Å². The molecule has 136 valence electrons. The van der Waals surface area contributed by atoms with Gasteiger partial charge in [0, 0.05) is 25.1 Å². The van der Waals surface area contributed by atoms with Crippen molar-refractivity contribution in [3.63, 3.8) is 0 Å². The van der Waals surface area contributed by atoms with E-state index in [9.17, 15) is 4.79 Å². The van der Waals surface area contributed by atoms with Crippen LogP contribution >= 0.6 is 0 Å². The maximum absolute atomic E-state index is 12.3. The van der Waals surface area contributed by atoms with Crippen LogP contribution in [0.2, 0.25) is 0 Å². The van der Waals surface area contributed by atoms with Gasteiger partial charge in [-0.15, -0.1) is 0 Å². The number of ketones is 1. The van der Waals surface area contributed by atoms with Gasteiger partial charge in [0.15, 0.2) is 17.3 Å². The summed E-state index contributed by atoms with van der Waals surface area (Å²) in [6.45, 7) is 6.35. The van der Waals surface area contributed by atoms with E-state index in [1.54, 1.807) is 18.2 Å². The number of hydrogen-bond donors (Lipinski definition) is 1. The Balaban J connectivity index is 0.00000312. The lowest BCUT2D eigenvalue weighted by molar-refractivity contribution is -0.0000138. The van der Waals surface area contributed by atoms with Gasteiger partial charge in [0.1, 0.15) is 0 Å². The van der Waals surface area contributed by atoms with E-state index in [1.165, 1.54) is 5.56 Å². The molecule has 0 saturated heterocycles. The van der Waals surface area contributed by atoms with Gasteiger partial charge >= 0.3 is 0 Å². The normalized spacial score (nSPS) is 10.0. The second kappa shape index (κ2) is 11.5. The molecule has 25 heavy (non-hydrogen) atoms.